The van der Waals surface area contributed by atoms with Crippen LogP contribution < -0.4 is 5.32 Å². The number of halogens is 1. The van der Waals surface area contributed by atoms with Crippen molar-refractivity contribution in [1.82, 2.24) is 5.32 Å². The van der Waals surface area contributed by atoms with Crippen LogP contribution in [0.4, 0.5) is 0 Å². The average Bonchev–Trinajstić information content (AvgIpc) is 2.31. The molecule has 0 aromatic heterocycles. The molecule has 0 aliphatic rings. The van der Waals surface area contributed by atoms with Gasteiger partial charge in [-0.1, -0.05) is 35.0 Å². The second-order valence-corrected chi connectivity index (χ2v) is 4.79. The van der Waals surface area contributed by atoms with E-state index in [0.29, 0.717) is 6.42 Å². The number of nitriles is 1. The van der Waals surface area contributed by atoms with E-state index in [1.807, 2.05) is 44.2 Å². The minimum Gasteiger partial charge on any atom is -0.348 e. The van der Waals surface area contributed by atoms with E-state index < -0.39 is 5.92 Å². The molecule has 0 fully saturated rings. The zero-order valence-electron chi connectivity index (χ0n) is 9.90. The number of benzene rings is 1. The molecule has 1 rings (SSSR count). The van der Waals surface area contributed by atoms with Crippen molar-refractivity contribution in [3.63, 3.8) is 0 Å². The number of nitrogens with one attached hydrogen (secondary N) is 1. The van der Waals surface area contributed by atoms with E-state index in [1.54, 1.807) is 0 Å². The number of hydrogen-bond donors (Lipinski definition) is 1. The van der Waals surface area contributed by atoms with Crippen molar-refractivity contribution < 1.29 is 4.79 Å². The molecule has 0 spiro atoms. The molecular formula is C13H15BrN2O. The molecule has 3 nitrogen and oxygen atoms in total. The Hall–Kier alpha value is -1.34. The molecular weight excluding hydrogens is 280 g/mol. The normalized spacial score (nSPS) is 13.5. The Bertz CT molecular complexity index is 422. The lowest BCUT2D eigenvalue weighted by molar-refractivity contribution is -0.124. The third kappa shape index (κ3) is 3.86. The number of hydrogen-bond acceptors (Lipinski definition) is 2. The van der Waals surface area contributed by atoms with Gasteiger partial charge in [-0.05, 0) is 31.0 Å². The van der Waals surface area contributed by atoms with E-state index in [4.69, 9.17) is 5.26 Å². The SMILES string of the molecule is CCC(C#N)C(=O)N[C@H](C)c1ccc(Br)cc1. The van der Waals surface area contributed by atoms with E-state index in [1.165, 1.54) is 0 Å². The van der Waals surface area contributed by atoms with E-state index in [2.05, 4.69) is 21.2 Å². The van der Waals surface area contributed by atoms with Crippen LogP contribution in [0.2, 0.25) is 0 Å². The van der Waals surface area contributed by atoms with Gasteiger partial charge in [0.25, 0.3) is 0 Å². The highest BCUT2D eigenvalue weighted by molar-refractivity contribution is 9.10. The number of carbonyl (C=O) groups excluding carboxylic acids is 1. The Labute approximate surface area is 110 Å². The Morgan fingerprint density at radius 2 is 2.06 bits per heavy atom. The summed E-state index contributed by atoms with van der Waals surface area (Å²) in [5.74, 6) is -0.765. The monoisotopic (exact) mass is 294 g/mol. The molecule has 0 heterocycles. The molecule has 2 atom stereocenters. The van der Waals surface area contributed by atoms with Gasteiger partial charge in [0, 0.05) is 4.47 Å². The highest BCUT2D eigenvalue weighted by Gasteiger charge is 2.17. The van der Waals surface area contributed by atoms with Crippen LogP contribution in [0, 0.1) is 17.2 Å². The molecule has 90 valence electrons. The van der Waals surface area contributed by atoms with E-state index in [9.17, 15) is 4.79 Å². The fraction of sp³-hybridized carbons (Fsp3) is 0.385. The van der Waals surface area contributed by atoms with Gasteiger partial charge < -0.3 is 5.32 Å². The maximum absolute atomic E-state index is 11.7. The summed E-state index contributed by atoms with van der Waals surface area (Å²) >= 11 is 3.36. The summed E-state index contributed by atoms with van der Waals surface area (Å²) in [5.41, 5.74) is 1.02. The third-order valence-corrected chi connectivity index (χ3v) is 3.14. The fourth-order valence-electron chi connectivity index (χ4n) is 1.48. The van der Waals surface area contributed by atoms with Gasteiger partial charge in [0.05, 0.1) is 12.1 Å². The Balaban J connectivity index is 2.66. The smallest absolute Gasteiger partial charge is 0.237 e. The quantitative estimate of drug-likeness (QED) is 0.927. The predicted molar refractivity (Wildman–Crippen MR) is 70.1 cm³/mol. The second kappa shape index (κ2) is 6.41. The van der Waals surface area contributed by atoms with Gasteiger partial charge in [-0.25, -0.2) is 0 Å². The Morgan fingerprint density at radius 3 is 2.53 bits per heavy atom. The number of carbonyl (C=O) groups is 1. The van der Waals surface area contributed by atoms with Gasteiger partial charge in [-0.3, -0.25) is 4.79 Å². The van der Waals surface area contributed by atoms with Crippen molar-refractivity contribution in [2.75, 3.05) is 0 Å². The minimum absolute atomic E-state index is 0.0852. The van der Waals surface area contributed by atoms with Gasteiger partial charge in [0.1, 0.15) is 5.92 Å². The van der Waals surface area contributed by atoms with Crippen LogP contribution in [0.15, 0.2) is 28.7 Å². The first-order chi connectivity index (χ1) is 8.08. The van der Waals surface area contributed by atoms with E-state index >= 15 is 0 Å². The molecule has 0 bridgehead atoms. The molecule has 17 heavy (non-hydrogen) atoms. The van der Waals surface area contributed by atoms with Crippen LogP contribution in [0.3, 0.4) is 0 Å². The maximum Gasteiger partial charge on any atom is 0.237 e. The topological polar surface area (TPSA) is 52.9 Å². The summed E-state index contributed by atoms with van der Waals surface area (Å²) in [6.07, 6.45) is 0.537. The van der Waals surface area contributed by atoms with E-state index in [0.717, 1.165) is 10.0 Å². The molecule has 1 N–H and O–H groups in total. The highest BCUT2D eigenvalue weighted by atomic mass is 79.9. The lowest BCUT2D eigenvalue weighted by Gasteiger charge is -2.16. The van der Waals surface area contributed by atoms with Crippen LogP contribution in [-0.4, -0.2) is 5.91 Å². The van der Waals surface area contributed by atoms with Crippen molar-refractivity contribution in [1.29, 1.82) is 5.26 Å². The lowest BCUT2D eigenvalue weighted by atomic mass is 10.1. The Morgan fingerprint density at radius 1 is 1.47 bits per heavy atom. The molecule has 0 aliphatic carbocycles. The van der Waals surface area contributed by atoms with Crippen molar-refractivity contribution in [3.8, 4) is 6.07 Å². The zero-order chi connectivity index (χ0) is 12.8. The first kappa shape index (κ1) is 13.7. The van der Waals surface area contributed by atoms with Crippen molar-refractivity contribution >= 4 is 21.8 Å². The number of amides is 1. The molecule has 1 aromatic carbocycles. The van der Waals surface area contributed by atoms with Crippen molar-refractivity contribution in [2.24, 2.45) is 5.92 Å². The van der Waals surface area contributed by atoms with Crippen molar-refractivity contribution in [3.05, 3.63) is 34.3 Å². The fourth-order valence-corrected chi connectivity index (χ4v) is 1.75. The van der Waals surface area contributed by atoms with Gasteiger partial charge >= 0.3 is 0 Å². The number of rotatable bonds is 4. The van der Waals surface area contributed by atoms with Crippen LogP contribution in [0.1, 0.15) is 31.9 Å². The number of nitrogens with zero attached hydrogens (tertiary/aromatic N) is 1. The van der Waals surface area contributed by atoms with Gasteiger partial charge in [-0.2, -0.15) is 5.26 Å². The summed E-state index contributed by atoms with van der Waals surface area (Å²) in [5, 5.41) is 11.6. The van der Waals surface area contributed by atoms with Gasteiger partial charge in [0.15, 0.2) is 0 Å². The largest absolute Gasteiger partial charge is 0.348 e. The van der Waals surface area contributed by atoms with Gasteiger partial charge in [-0.15, -0.1) is 0 Å². The maximum atomic E-state index is 11.7. The van der Waals surface area contributed by atoms with Crippen molar-refractivity contribution in [2.45, 2.75) is 26.3 Å². The zero-order valence-corrected chi connectivity index (χ0v) is 11.5. The molecule has 1 amide bonds. The minimum atomic E-state index is -0.562. The van der Waals surface area contributed by atoms with Crippen LogP contribution in [0.25, 0.3) is 0 Å². The van der Waals surface area contributed by atoms with Gasteiger partial charge in [0.2, 0.25) is 5.91 Å². The standard InChI is InChI=1S/C13H15BrN2O/c1-3-10(8-15)13(17)16-9(2)11-4-6-12(14)7-5-11/h4-7,9-10H,3H2,1-2H3,(H,16,17)/t9-,10?/m1/s1. The molecule has 0 aliphatic heterocycles. The summed E-state index contributed by atoms with van der Waals surface area (Å²) in [6, 6.07) is 9.67. The summed E-state index contributed by atoms with van der Waals surface area (Å²) < 4.78 is 1.00. The molecule has 1 aromatic rings. The molecule has 0 radical (unpaired) electrons. The first-order valence-corrected chi connectivity index (χ1v) is 6.33. The molecule has 4 heteroatoms. The Kier molecular flexibility index (Phi) is 5.17. The lowest BCUT2D eigenvalue weighted by Crippen LogP contribution is -2.31. The van der Waals surface area contributed by atoms with Crippen LogP contribution >= 0.6 is 15.9 Å². The predicted octanol–water partition coefficient (Wildman–Crippen LogP) is 3.18. The highest BCUT2D eigenvalue weighted by Crippen LogP contribution is 2.17. The first-order valence-electron chi connectivity index (χ1n) is 5.54. The average molecular weight is 295 g/mol. The summed E-state index contributed by atoms with van der Waals surface area (Å²) in [7, 11) is 0. The van der Waals surface area contributed by atoms with Crippen LogP contribution in [-0.2, 0) is 4.79 Å². The van der Waals surface area contributed by atoms with Crippen LogP contribution in [0.5, 0.6) is 0 Å². The summed E-state index contributed by atoms with van der Waals surface area (Å²) in [4.78, 5) is 11.7. The molecule has 0 saturated heterocycles. The molecule has 1 unspecified atom stereocenters. The summed E-state index contributed by atoms with van der Waals surface area (Å²) in [6.45, 7) is 3.74. The van der Waals surface area contributed by atoms with E-state index in [-0.39, 0.29) is 11.9 Å². The molecule has 0 saturated carbocycles. The third-order valence-electron chi connectivity index (χ3n) is 2.61. The second-order valence-electron chi connectivity index (χ2n) is 3.87.